The molecule has 2 fully saturated rings. The van der Waals surface area contributed by atoms with Crippen LogP contribution in [-0.4, -0.2) is 34.0 Å². The summed E-state index contributed by atoms with van der Waals surface area (Å²) in [6.45, 7) is 9.42. The largest absolute Gasteiger partial charge is 0.400 e. The first-order chi connectivity index (χ1) is 9.26. The number of fused-ring (bicyclic) bond motifs is 2. The van der Waals surface area contributed by atoms with Gasteiger partial charge in [-0.2, -0.15) is 0 Å². The molecule has 2 aliphatic rings. The van der Waals surface area contributed by atoms with Crippen molar-refractivity contribution < 1.29 is 8.85 Å². The highest BCUT2D eigenvalue weighted by molar-refractivity contribution is 8.77. The summed E-state index contributed by atoms with van der Waals surface area (Å²) in [6, 6.07) is 0. The van der Waals surface area contributed by atoms with Gasteiger partial charge in [0.25, 0.3) is 0 Å². The molecule has 0 saturated heterocycles. The monoisotopic (exact) mass is 334 g/mol. The molecule has 0 spiro atoms. The molecular formula is C15H30O2S2Si. The summed E-state index contributed by atoms with van der Waals surface area (Å²) in [4.78, 5) is 0. The summed E-state index contributed by atoms with van der Waals surface area (Å²) >= 11 is 0. The van der Waals surface area contributed by atoms with Gasteiger partial charge in [0.15, 0.2) is 0 Å². The molecule has 3 atom stereocenters. The van der Waals surface area contributed by atoms with Gasteiger partial charge in [0.2, 0.25) is 0 Å². The van der Waals surface area contributed by atoms with Gasteiger partial charge in [-0.1, -0.05) is 49.3 Å². The Balaban J connectivity index is 2.09. The molecule has 0 aliphatic heterocycles. The molecule has 0 radical (unpaired) electrons. The van der Waals surface area contributed by atoms with Gasteiger partial charge in [-0.15, -0.1) is 0 Å². The first kappa shape index (κ1) is 17.2. The van der Waals surface area contributed by atoms with Crippen molar-refractivity contribution in [1.82, 2.24) is 0 Å². The SMILES string of the molecule is CO[SiH](OC)C1(C)CC2CCC1(SSCC(C)(C)C)C2. The Morgan fingerprint density at radius 2 is 1.85 bits per heavy atom. The van der Waals surface area contributed by atoms with Crippen molar-refractivity contribution in [3.63, 3.8) is 0 Å². The lowest BCUT2D eigenvalue weighted by molar-refractivity contribution is 0.219. The standard InChI is InChI=1S/C15H30O2S2Si/c1-13(2,3)11-18-19-15-8-7-12(10-15)9-14(15,4)20(16-5)17-6/h12,20H,7-11H2,1-6H3. The maximum Gasteiger partial charge on any atom is 0.328 e. The van der Waals surface area contributed by atoms with Gasteiger partial charge < -0.3 is 8.85 Å². The zero-order valence-corrected chi connectivity index (χ0v) is 16.6. The van der Waals surface area contributed by atoms with E-state index in [2.05, 4.69) is 49.3 Å². The Hall–Kier alpha value is 0.837. The Morgan fingerprint density at radius 1 is 1.20 bits per heavy atom. The van der Waals surface area contributed by atoms with Crippen molar-refractivity contribution in [3.8, 4) is 0 Å². The second-order valence-corrected chi connectivity index (χ2v) is 13.5. The minimum absolute atomic E-state index is 0.287. The molecule has 2 rings (SSSR count). The molecule has 0 N–H and O–H groups in total. The third-order valence-electron chi connectivity index (χ3n) is 4.99. The molecule has 2 saturated carbocycles. The molecule has 5 heteroatoms. The lowest BCUT2D eigenvalue weighted by Crippen LogP contribution is -2.46. The predicted molar refractivity (Wildman–Crippen MR) is 93.7 cm³/mol. The van der Waals surface area contributed by atoms with Crippen molar-refractivity contribution in [2.75, 3.05) is 20.0 Å². The normalized spacial score (nSPS) is 37.0. The third-order valence-corrected chi connectivity index (χ3v) is 11.8. The van der Waals surface area contributed by atoms with Crippen molar-refractivity contribution in [1.29, 1.82) is 0 Å². The summed E-state index contributed by atoms with van der Waals surface area (Å²) in [5.74, 6) is 2.12. The zero-order valence-electron chi connectivity index (χ0n) is 13.8. The fraction of sp³-hybridized carbons (Fsp3) is 1.00. The molecular weight excluding hydrogens is 304 g/mol. The summed E-state index contributed by atoms with van der Waals surface area (Å²) < 4.78 is 12.0. The van der Waals surface area contributed by atoms with Gasteiger partial charge >= 0.3 is 9.28 Å². The maximum atomic E-state index is 5.81. The predicted octanol–water partition coefficient (Wildman–Crippen LogP) is 4.63. The minimum atomic E-state index is -1.59. The van der Waals surface area contributed by atoms with Gasteiger partial charge in [0.1, 0.15) is 0 Å². The quantitative estimate of drug-likeness (QED) is 0.520. The molecule has 3 unspecified atom stereocenters. The summed E-state index contributed by atoms with van der Waals surface area (Å²) in [7, 11) is 6.33. The average Bonchev–Trinajstić information content (AvgIpc) is 2.84. The first-order valence-corrected chi connectivity index (χ1v) is 11.5. The van der Waals surface area contributed by atoms with Gasteiger partial charge in [-0.25, -0.2) is 0 Å². The van der Waals surface area contributed by atoms with Crippen LogP contribution >= 0.6 is 21.6 Å². The van der Waals surface area contributed by atoms with Crippen molar-refractivity contribution in [3.05, 3.63) is 0 Å². The van der Waals surface area contributed by atoms with Gasteiger partial charge in [-0.3, -0.25) is 0 Å². The van der Waals surface area contributed by atoms with Crippen LogP contribution in [0.5, 0.6) is 0 Å². The van der Waals surface area contributed by atoms with E-state index in [9.17, 15) is 0 Å². The van der Waals surface area contributed by atoms with E-state index in [0.717, 1.165) is 5.92 Å². The van der Waals surface area contributed by atoms with Crippen LogP contribution in [0.1, 0.15) is 53.4 Å². The van der Waals surface area contributed by atoms with E-state index in [1.165, 1.54) is 31.4 Å². The Kier molecular flexibility index (Phi) is 5.29. The van der Waals surface area contributed by atoms with E-state index in [1.807, 2.05) is 14.2 Å². The second kappa shape index (κ2) is 6.15. The summed E-state index contributed by atoms with van der Waals surface area (Å²) in [6.07, 6.45) is 5.45. The summed E-state index contributed by atoms with van der Waals surface area (Å²) in [5.41, 5.74) is 0.403. The highest BCUT2D eigenvalue weighted by Crippen LogP contribution is 2.71. The molecule has 2 nitrogen and oxygen atoms in total. The Labute approximate surface area is 134 Å². The Morgan fingerprint density at radius 3 is 2.35 bits per heavy atom. The molecule has 0 heterocycles. The van der Waals surface area contributed by atoms with Crippen LogP contribution in [0.15, 0.2) is 0 Å². The smallest absolute Gasteiger partial charge is 0.328 e. The van der Waals surface area contributed by atoms with E-state index >= 15 is 0 Å². The lowest BCUT2D eigenvalue weighted by Gasteiger charge is -2.46. The van der Waals surface area contributed by atoms with Crippen molar-refractivity contribution in [2.24, 2.45) is 11.3 Å². The van der Waals surface area contributed by atoms with Gasteiger partial charge in [0.05, 0.1) is 0 Å². The van der Waals surface area contributed by atoms with Crippen LogP contribution in [0, 0.1) is 11.3 Å². The van der Waals surface area contributed by atoms with E-state index in [-0.39, 0.29) is 5.04 Å². The van der Waals surface area contributed by atoms with Crippen molar-refractivity contribution >= 4 is 30.9 Å². The average molecular weight is 335 g/mol. The number of rotatable bonds is 6. The minimum Gasteiger partial charge on any atom is -0.400 e. The number of hydrogen-bond donors (Lipinski definition) is 0. The summed E-state index contributed by atoms with van der Waals surface area (Å²) in [5, 5.41) is 0.287. The van der Waals surface area contributed by atoms with Crippen LogP contribution < -0.4 is 0 Å². The molecule has 0 aromatic rings. The highest BCUT2D eigenvalue weighted by Gasteiger charge is 2.64. The fourth-order valence-electron chi connectivity index (χ4n) is 4.00. The van der Waals surface area contributed by atoms with E-state index in [4.69, 9.17) is 8.85 Å². The second-order valence-electron chi connectivity index (χ2n) is 7.93. The van der Waals surface area contributed by atoms with Gasteiger partial charge in [0, 0.05) is 29.8 Å². The molecule has 2 bridgehead atoms. The van der Waals surface area contributed by atoms with E-state index in [0.29, 0.717) is 10.2 Å². The Bertz CT molecular complexity index is 343. The topological polar surface area (TPSA) is 18.5 Å². The van der Waals surface area contributed by atoms with Crippen molar-refractivity contribution in [2.45, 2.75) is 63.2 Å². The molecule has 20 heavy (non-hydrogen) atoms. The molecule has 118 valence electrons. The van der Waals surface area contributed by atoms with Crippen LogP contribution in [0.25, 0.3) is 0 Å². The van der Waals surface area contributed by atoms with Gasteiger partial charge in [-0.05, 0) is 37.0 Å². The first-order valence-electron chi connectivity index (χ1n) is 7.63. The van der Waals surface area contributed by atoms with E-state index < -0.39 is 9.28 Å². The zero-order chi connectivity index (χ0) is 15.0. The van der Waals surface area contributed by atoms with E-state index in [1.54, 1.807) is 0 Å². The lowest BCUT2D eigenvalue weighted by atomic mass is 9.88. The fourth-order valence-corrected chi connectivity index (χ4v) is 11.5. The molecule has 2 aliphatic carbocycles. The van der Waals surface area contributed by atoms with Crippen LogP contribution in [0.3, 0.4) is 0 Å². The van der Waals surface area contributed by atoms with Crippen LogP contribution in [-0.2, 0) is 8.85 Å². The molecule has 0 amide bonds. The highest BCUT2D eigenvalue weighted by atomic mass is 33.1. The maximum absolute atomic E-state index is 5.81. The number of hydrogen-bond acceptors (Lipinski definition) is 4. The van der Waals surface area contributed by atoms with Crippen LogP contribution in [0.2, 0.25) is 5.04 Å². The molecule has 0 aromatic heterocycles. The third kappa shape index (κ3) is 3.12. The molecule has 0 aromatic carbocycles. The van der Waals surface area contributed by atoms with Crippen LogP contribution in [0.4, 0.5) is 0 Å².